The van der Waals surface area contributed by atoms with E-state index in [1.807, 2.05) is 29.6 Å². The molecule has 1 aliphatic rings. The Kier molecular flexibility index (Phi) is 5.75. The van der Waals surface area contributed by atoms with E-state index in [0.29, 0.717) is 17.9 Å². The lowest BCUT2D eigenvalue weighted by Crippen LogP contribution is -2.27. The van der Waals surface area contributed by atoms with Crippen LogP contribution in [0.25, 0.3) is 0 Å². The molecule has 0 bridgehead atoms. The monoisotopic (exact) mass is 388 g/mol. The molecular formula is C19H20N2O5S. The van der Waals surface area contributed by atoms with E-state index < -0.39 is 5.97 Å². The number of methoxy groups -OCH3 is 2. The van der Waals surface area contributed by atoms with Crippen LogP contribution in [0, 0.1) is 0 Å². The summed E-state index contributed by atoms with van der Waals surface area (Å²) in [7, 11) is 3.10. The lowest BCUT2D eigenvalue weighted by atomic mass is 9.99. The Labute approximate surface area is 160 Å². The van der Waals surface area contributed by atoms with Crippen LogP contribution < -0.4 is 9.47 Å². The first-order valence-electron chi connectivity index (χ1n) is 8.41. The number of carboxylic acids is 1. The molecule has 1 N–H and O–H groups in total. The third-order valence-electron chi connectivity index (χ3n) is 4.32. The molecule has 27 heavy (non-hydrogen) atoms. The highest BCUT2D eigenvalue weighted by molar-refractivity contribution is 7.12. The number of thiophene rings is 1. The van der Waals surface area contributed by atoms with Crippen molar-refractivity contribution in [3.05, 3.63) is 46.2 Å². The Morgan fingerprint density at radius 3 is 2.67 bits per heavy atom. The molecule has 142 valence electrons. The van der Waals surface area contributed by atoms with Gasteiger partial charge < -0.3 is 14.6 Å². The highest BCUT2D eigenvalue weighted by Gasteiger charge is 2.35. The summed E-state index contributed by atoms with van der Waals surface area (Å²) < 4.78 is 10.9. The quantitative estimate of drug-likeness (QED) is 0.786. The van der Waals surface area contributed by atoms with E-state index in [9.17, 15) is 9.59 Å². The van der Waals surface area contributed by atoms with Crippen LogP contribution in [0.2, 0.25) is 0 Å². The van der Waals surface area contributed by atoms with Crippen LogP contribution in [0.15, 0.2) is 40.8 Å². The van der Waals surface area contributed by atoms with Crippen molar-refractivity contribution >= 4 is 28.9 Å². The van der Waals surface area contributed by atoms with Crippen molar-refractivity contribution in [2.75, 3.05) is 14.2 Å². The summed E-state index contributed by atoms with van der Waals surface area (Å²) in [5.74, 6) is -0.236. The molecule has 3 rings (SSSR count). The van der Waals surface area contributed by atoms with Gasteiger partial charge in [-0.05, 0) is 17.5 Å². The lowest BCUT2D eigenvalue weighted by Gasteiger charge is -2.24. The van der Waals surface area contributed by atoms with Crippen LogP contribution >= 0.6 is 11.3 Å². The highest BCUT2D eigenvalue weighted by atomic mass is 32.1. The summed E-state index contributed by atoms with van der Waals surface area (Å²) in [6.07, 6.45) is 0.170. The third-order valence-corrected chi connectivity index (χ3v) is 5.24. The average Bonchev–Trinajstić information content (AvgIpc) is 3.34. The van der Waals surface area contributed by atoms with Gasteiger partial charge in [-0.25, -0.2) is 5.01 Å². The van der Waals surface area contributed by atoms with Gasteiger partial charge in [-0.15, -0.1) is 11.3 Å². The third kappa shape index (κ3) is 3.95. The van der Waals surface area contributed by atoms with E-state index in [4.69, 9.17) is 14.6 Å². The van der Waals surface area contributed by atoms with Crippen molar-refractivity contribution in [3.8, 4) is 11.5 Å². The Hall–Kier alpha value is -2.87. The van der Waals surface area contributed by atoms with Crippen molar-refractivity contribution in [3.63, 3.8) is 0 Å². The second-order valence-corrected chi connectivity index (χ2v) is 6.91. The SMILES string of the molecule is COc1cccc([C@H]2CC(c3cccs3)=NN2C(=O)CCC(=O)O)c1OC. The fourth-order valence-corrected chi connectivity index (χ4v) is 3.80. The van der Waals surface area contributed by atoms with E-state index in [1.165, 1.54) is 5.01 Å². The van der Waals surface area contributed by atoms with Gasteiger partial charge in [0.2, 0.25) is 5.91 Å². The van der Waals surface area contributed by atoms with E-state index in [-0.39, 0.29) is 24.8 Å². The van der Waals surface area contributed by atoms with Crippen molar-refractivity contribution < 1.29 is 24.2 Å². The molecule has 0 aliphatic carbocycles. The van der Waals surface area contributed by atoms with Gasteiger partial charge in [0, 0.05) is 18.4 Å². The Morgan fingerprint density at radius 2 is 2.04 bits per heavy atom. The first-order chi connectivity index (χ1) is 13.0. The molecule has 0 spiro atoms. The molecule has 1 amide bonds. The zero-order chi connectivity index (χ0) is 19.4. The summed E-state index contributed by atoms with van der Waals surface area (Å²) in [5, 5.41) is 16.8. The molecule has 2 heterocycles. The van der Waals surface area contributed by atoms with Gasteiger partial charge in [0.05, 0.1) is 37.3 Å². The molecule has 1 atom stereocenters. The number of ether oxygens (including phenoxy) is 2. The number of carboxylic acid groups (broad SMARTS) is 1. The number of carbonyl (C=O) groups is 2. The fraction of sp³-hybridized carbons (Fsp3) is 0.316. The number of amides is 1. The van der Waals surface area contributed by atoms with Crippen LogP contribution in [0.3, 0.4) is 0 Å². The minimum atomic E-state index is -1.01. The normalized spacial score (nSPS) is 16.1. The second-order valence-electron chi connectivity index (χ2n) is 5.96. The summed E-state index contributed by atoms with van der Waals surface area (Å²) >= 11 is 1.55. The molecule has 0 saturated heterocycles. The number of para-hydroxylation sites is 1. The minimum Gasteiger partial charge on any atom is -0.493 e. The Balaban J connectivity index is 1.97. The smallest absolute Gasteiger partial charge is 0.303 e. The highest BCUT2D eigenvalue weighted by Crippen LogP contribution is 2.42. The van der Waals surface area contributed by atoms with E-state index in [2.05, 4.69) is 5.10 Å². The molecule has 7 nitrogen and oxygen atoms in total. The predicted molar refractivity (Wildman–Crippen MR) is 101 cm³/mol. The van der Waals surface area contributed by atoms with Crippen molar-refractivity contribution in [1.29, 1.82) is 0 Å². The largest absolute Gasteiger partial charge is 0.493 e. The maximum atomic E-state index is 12.7. The second kappa shape index (κ2) is 8.22. The van der Waals surface area contributed by atoms with Gasteiger partial charge in [-0.1, -0.05) is 18.2 Å². The van der Waals surface area contributed by atoms with Crippen molar-refractivity contribution in [2.24, 2.45) is 5.10 Å². The van der Waals surface area contributed by atoms with Crippen molar-refractivity contribution in [1.82, 2.24) is 5.01 Å². The van der Waals surface area contributed by atoms with Gasteiger partial charge >= 0.3 is 5.97 Å². The Morgan fingerprint density at radius 1 is 1.22 bits per heavy atom. The number of rotatable bonds is 7. The van der Waals surface area contributed by atoms with Crippen LogP contribution in [-0.2, 0) is 9.59 Å². The molecule has 0 saturated carbocycles. The number of aliphatic carboxylic acids is 1. The predicted octanol–water partition coefficient (Wildman–Crippen LogP) is 3.31. The molecule has 2 aromatic rings. The molecule has 8 heteroatoms. The zero-order valence-corrected chi connectivity index (χ0v) is 15.9. The van der Waals surface area contributed by atoms with Crippen LogP contribution in [0.4, 0.5) is 0 Å². The number of benzene rings is 1. The number of hydrazone groups is 1. The van der Waals surface area contributed by atoms with Crippen LogP contribution in [0.5, 0.6) is 11.5 Å². The summed E-state index contributed by atoms with van der Waals surface area (Å²) in [4.78, 5) is 24.5. The number of carbonyl (C=O) groups excluding carboxylic acids is 1. The summed E-state index contributed by atoms with van der Waals surface area (Å²) in [6, 6.07) is 8.99. The van der Waals surface area contributed by atoms with Gasteiger partial charge in [0.25, 0.3) is 0 Å². The maximum absolute atomic E-state index is 12.7. The number of hydrogen-bond donors (Lipinski definition) is 1. The first kappa shape index (κ1) is 18.9. The molecule has 1 aromatic heterocycles. The molecule has 1 aromatic carbocycles. The van der Waals surface area contributed by atoms with Gasteiger partial charge in [-0.3, -0.25) is 9.59 Å². The molecule has 0 fully saturated rings. The van der Waals surface area contributed by atoms with Gasteiger partial charge in [0.1, 0.15) is 0 Å². The fourth-order valence-electron chi connectivity index (χ4n) is 3.08. The number of hydrogen-bond acceptors (Lipinski definition) is 6. The van der Waals surface area contributed by atoms with Gasteiger partial charge in [0.15, 0.2) is 11.5 Å². The number of nitrogens with zero attached hydrogens (tertiary/aromatic N) is 2. The van der Waals surface area contributed by atoms with E-state index >= 15 is 0 Å². The maximum Gasteiger partial charge on any atom is 0.303 e. The molecule has 1 aliphatic heterocycles. The van der Waals surface area contributed by atoms with Crippen LogP contribution in [0.1, 0.15) is 35.7 Å². The average molecular weight is 388 g/mol. The zero-order valence-electron chi connectivity index (χ0n) is 15.0. The molecular weight excluding hydrogens is 368 g/mol. The molecule has 0 unspecified atom stereocenters. The van der Waals surface area contributed by atoms with E-state index in [1.54, 1.807) is 31.6 Å². The lowest BCUT2D eigenvalue weighted by molar-refractivity contribution is -0.141. The van der Waals surface area contributed by atoms with Gasteiger partial charge in [-0.2, -0.15) is 5.10 Å². The summed E-state index contributed by atoms with van der Waals surface area (Å²) in [5.41, 5.74) is 1.57. The van der Waals surface area contributed by atoms with Crippen molar-refractivity contribution in [2.45, 2.75) is 25.3 Å². The molecule has 0 radical (unpaired) electrons. The van der Waals surface area contributed by atoms with Crippen LogP contribution in [-0.4, -0.2) is 41.9 Å². The topological polar surface area (TPSA) is 88.4 Å². The van der Waals surface area contributed by atoms with E-state index in [0.717, 1.165) is 16.2 Å². The Bertz CT molecular complexity index is 863. The first-order valence-corrected chi connectivity index (χ1v) is 9.29. The standard InChI is InChI=1S/C19H20N2O5S/c1-25-15-6-3-5-12(19(15)26-2)14-11-13(16-7-4-10-27-16)20-21(14)17(22)8-9-18(23)24/h3-7,10,14H,8-9,11H2,1-2H3,(H,23,24)/t14-/m1/s1. The minimum absolute atomic E-state index is 0.112. The summed E-state index contributed by atoms with van der Waals surface area (Å²) in [6.45, 7) is 0.